The molecule has 3 aromatic carbocycles. The third-order valence-corrected chi connectivity index (χ3v) is 4.24. The number of benzene rings is 3. The molecule has 25 heavy (non-hydrogen) atoms. The van der Waals surface area contributed by atoms with Gasteiger partial charge in [0.2, 0.25) is 0 Å². The van der Waals surface area contributed by atoms with Gasteiger partial charge in [-0.1, -0.05) is 79.7 Å². The maximum absolute atomic E-state index is 5.98. The Morgan fingerprint density at radius 2 is 1.48 bits per heavy atom. The Morgan fingerprint density at radius 1 is 0.800 bits per heavy atom. The van der Waals surface area contributed by atoms with Crippen molar-refractivity contribution in [2.24, 2.45) is 0 Å². The van der Waals surface area contributed by atoms with Crippen molar-refractivity contribution < 1.29 is 4.74 Å². The van der Waals surface area contributed by atoms with E-state index in [1.54, 1.807) is 0 Å². The minimum atomic E-state index is 0.285. The highest BCUT2D eigenvalue weighted by molar-refractivity contribution is 5.32. The van der Waals surface area contributed by atoms with E-state index in [-0.39, 0.29) is 6.04 Å². The van der Waals surface area contributed by atoms with Crippen LogP contribution in [0.25, 0.3) is 0 Å². The van der Waals surface area contributed by atoms with E-state index in [0.717, 1.165) is 18.7 Å². The normalized spacial score (nSPS) is 11.9. The lowest BCUT2D eigenvalue weighted by molar-refractivity contribution is 0.305. The van der Waals surface area contributed by atoms with Crippen LogP contribution in [0.3, 0.4) is 0 Å². The third-order valence-electron chi connectivity index (χ3n) is 4.24. The molecule has 2 heteroatoms. The van der Waals surface area contributed by atoms with E-state index in [2.05, 4.69) is 72.9 Å². The van der Waals surface area contributed by atoms with Gasteiger partial charge >= 0.3 is 0 Å². The van der Waals surface area contributed by atoms with Crippen LogP contribution < -0.4 is 10.1 Å². The molecule has 3 rings (SSSR count). The molecular weight excluding hydrogens is 306 g/mol. The fourth-order valence-corrected chi connectivity index (χ4v) is 2.97. The quantitative estimate of drug-likeness (QED) is 0.615. The maximum Gasteiger partial charge on any atom is 0.120 e. The average molecular weight is 331 g/mol. The molecule has 0 aliphatic heterocycles. The molecule has 1 N–H and O–H groups in total. The molecule has 0 fully saturated rings. The molecule has 0 saturated carbocycles. The van der Waals surface area contributed by atoms with Crippen LogP contribution in [0.4, 0.5) is 0 Å². The van der Waals surface area contributed by atoms with Gasteiger partial charge in [-0.2, -0.15) is 0 Å². The van der Waals surface area contributed by atoms with Gasteiger partial charge in [-0.15, -0.1) is 0 Å². The zero-order valence-electron chi connectivity index (χ0n) is 14.7. The second-order valence-electron chi connectivity index (χ2n) is 6.15. The first-order valence-corrected chi connectivity index (χ1v) is 8.89. The molecule has 0 amide bonds. The molecule has 0 aliphatic carbocycles. The van der Waals surface area contributed by atoms with E-state index in [4.69, 9.17) is 4.74 Å². The predicted octanol–water partition coefficient (Wildman–Crippen LogP) is 5.16. The summed E-state index contributed by atoms with van der Waals surface area (Å²) in [5.41, 5.74) is 3.78. The monoisotopic (exact) mass is 331 g/mol. The Labute approximate surface area is 150 Å². The summed E-state index contributed by atoms with van der Waals surface area (Å²) < 4.78 is 5.98. The van der Waals surface area contributed by atoms with E-state index < -0.39 is 0 Å². The molecular formula is C23H25NO. The molecule has 0 radical (unpaired) electrons. The first-order valence-electron chi connectivity index (χ1n) is 8.89. The molecule has 0 aromatic heterocycles. The summed E-state index contributed by atoms with van der Waals surface area (Å²) in [6.45, 7) is 3.68. The van der Waals surface area contributed by atoms with Crippen LogP contribution in [0, 0.1) is 0 Å². The highest BCUT2D eigenvalue weighted by atomic mass is 16.5. The molecule has 0 spiro atoms. The number of nitrogens with one attached hydrogen (secondary N) is 1. The van der Waals surface area contributed by atoms with E-state index in [0.29, 0.717) is 6.61 Å². The molecule has 128 valence electrons. The molecule has 0 aliphatic rings. The van der Waals surface area contributed by atoms with Gasteiger partial charge in [0.15, 0.2) is 0 Å². The fraction of sp³-hybridized carbons (Fsp3) is 0.217. The van der Waals surface area contributed by atoms with E-state index in [1.165, 1.54) is 16.7 Å². The van der Waals surface area contributed by atoms with Crippen LogP contribution in [0.2, 0.25) is 0 Å². The van der Waals surface area contributed by atoms with E-state index in [1.807, 2.05) is 24.3 Å². The minimum Gasteiger partial charge on any atom is -0.489 e. The van der Waals surface area contributed by atoms with Crippen LogP contribution >= 0.6 is 0 Å². The zero-order chi connectivity index (χ0) is 17.3. The lowest BCUT2D eigenvalue weighted by Gasteiger charge is -2.19. The van der Waals surface area contributed by atoms with E-state index in [9.17, 15) is 0 Å². The second-order valence-corrected chi connectivity index (χ2v) is 6.15. The largest absolute Gasteiger partial charge is 0.489 e. The van der Waals surface area contributed by atoms with Crippen molar-refractivity contribution in [1.82, 2.24) is 5.32 Å². The molecule has 2 nitrogen and oxygen atoms in total. The molecule has 1 atom stereocenters. The second kappa shape index (κ2) is 9.05. The van der Waals surface area contributed by atoms with Gasteiger partial charge in [0.05, 0.1) is 0 Å². The van der Waals surface area contributed by atoms with Crippen molar-refractivity contribution in [3.05, 3.63) is 102 Å². The zero-order valence-corrected chi connectivity index (χ0v) is 14.7. The Morgan fingerprint density at radius 3 is 2.16 bits per heavy atom. The topological polar surface area (TPSA) is 21.3 Å². The average Bonchev–Trinajstić information content (AvgIpc) is 2.68. The smallest absolute Gasteiger partial charge is 0.120 e. The number of hydrogen-bond acceptors (Lipinski definition) is 2. The van der Waals surface area contributed by atoms with Crippen molar-refractivity contribution in [2.45, 2.75) is 26.0 Å². The van der Waals surface area contributed by atoms with Gasteiger partial charge in [-0.25, -0.2) is 0 Å². The first kappa shape index (κ1) is 17.2. The molecule has 0 saturated heterocycles. The first-order chi connectivity index (χ1) is 12.3. The lowest BCUT2D eigenvalue weighted by Crippen LogP contribution is -2.23. The molecule has 0 bridgehead atoms. The van der Waals surface area contributed by atoms with E-state index >= 15 is 0 Å². The van der Waals surface area contributed by atoms with Crippen LogP contribution in [0.1, 0.15) is 29.7 Å². The molecule has 3 aromatic rings. The SMILES string of the molecule is CCNC(Cc1ccccc1)c1cccc(OCc2ccccc2)c1. The summed E-state index contributed by atoms with van der Waals surface area (Å²) >= 11 is 0. The van der Waals surface area contributed by atoms with Crippen molar-refractivity contribution in [1.29, 1.82) is 0 Å². The Hall–Kier alpha value is -2.58. The van der Waals surface area contributed by atoms with Crippen molar-refractivity contribution in [3.8, 4) is 5.75 Å². The standard InChI is InChI=1S/C23H25NO/c1-2-24-23(16-19-10-5-3-6-11-19)21-14-9-15-22(17-21)25-18-20-12-7-4-8-13-20/h3-15,17,23-24H,2,16,18H2,1H3. The summed E-state index contributed by atoms with van der Waals surface area (Å²) in [4.78, 5) is 0. The van der Waals surface area contributed by atoms with Crippen molar-refractivity contribution in [3.63, 3.8) is 0 Å². The van der Waals surface area contributed by atoms with Gasteiger partial charge in [-0.05, 0) is 41.8 Å². The predicted molar refractivity (Wildman–Crippen MR) is 104 cm³/mol. The summed E-state index contributed by atoms with van der Waals surface area (Å²) in [7, 11) is 0. The van der Waals surface area contributed by atoms with Crippen LogP contribution in [0.15, 0.2) is 84.9 Å². The number of ether oxygens (including phenoxy) is 1. The summed E-state index contributed by atoms with van der Waals surface area (Å²) in [6, 6.07) is 29.6. The maximum atomic E-state index is 5.98. The van der Waals surface area contributed by atoms with Gasteiger partial charge < -0.3 is 10.1 Å². The Balaban J connectivity index is 1.71. The Kier molecular flexibility index (Phi) is 6.24. The fourth-order valence-electron chi connectivity index (χ4n) is 2.97. The molecule has 1 unspecified atom stereocenters. The van der Waals surface area contributed by atoms with Crippen LogP contribution in [-0.2, 0) is 13.0 Å². The summed E-state index contributed by atoms with van der Waals surface area (Å²) in [6.07, 6.45) is 0.969. The third kappa shape index (κ3) is 5.20. The number of rotatable bonds is 8. The summed E-state index contributed by atoms with van der Waals surface area (Å²) in [5, 5.41) is 3.59. The number of likely N-dealkylation sites (N-methyl/N-ethyl adjacent to an activating group) is 1. The highest BCUT2D eigenvalue weighted by Gasteiger charge is 2.12. The number of hydrogen-bond donors (Lipinski definition) is 1. The van der Waals surface area contributed by atoms with Crippen molar-refractivity contribution >= 4 is 0 Å². The van der Waals surface area contributed by atoms with Crippen molar-refractivity contribution in [2.75, 3.05) is 6.54 Å². The Bertz CT molecular complexity index is 755. The van der Waals surface area contributed by atoms with Crippen LogP contribution in [0.5, 0.6) is 5.75 Å². The van der Waals surface area contributed by atoms with Gasteiger partial charge in [0.25, 0.3) is 0 Å². The summed E-state index contributed by atoms with van der Waals surface area (Å²) in [5.74, 6) is 0.914. The highest BCUT2D eigenvalue weighted by Crippen LogP contribution is 2.23. The van der Waals surface area contributed by atoms with Gasteiger partial charge in [0, 0.05) is 6.04 Å². The van der Waals surface area contributed by atoms with Gasteiger partial charge in [-0.3, -0.25) is 0 Å². The molecule has 0 heterocycles. The van der Waals surface area contributed by atoms with Crippen LogP contribution in [-0.4, -0.2) is 6.54 Å². The lowest BCUT2D eigenvalue weighted by atomic mass is 9.98. The van der Waals surface area contributed by atoms with Gasteiger partial charge in [0.1, 0.15) is 12.4 Å². The minimum absolute atomic E-state index is 0.285.